The van der Waals surface area contributed by atoms with Crippen LogP contribution in [-0.4, -0.2) is 37.7 Å². The number of piperidine rings is 1. The van der Waals surface area contributed by atoms with Crippen molar-refractivity contribution in [3.8, 4) is 0 Å². The third-order valence-corrected chi connectivity index (χ3v) is 7.67. The summed E-state index contributed by atoms with van der Waals surface area (Å²) in [5, 5.41) is 0. The number of hydrogen-bond acceptors (Lipinski definition) is 2. The molecule has 2 bridgehead atoms. The topological polar surface area (TPSA) is 12.5 Å². The number of methoxy groups -OCH3 is 1. The lowest BCUT2D eigenvalue weighted by atomic mass is 9.45. The summed E-state index contributed by atoms with van der Waals surface area (Å²) in [7, 11) is 4.32. The van der Waals surface area contributed by atoms with Crippen LogP contribution in [0.15, 0.2) is 0 Å². The summed E-state index contributed by atoms with van der Waals surface area (Å²) in [4.78, 5) is 2.72. The Hall–Kier alpha value is -0.0800. The highest BCUT2D eigenvalue weighted by Gasteiger charge is 2.59. The van der Waals surface area contributed by atoms with Crippen LogP contribution in [0.25, 0.3) is 0 Å². The summed E-state index contributed by atoms with van der Waals surface area (Å²) in [5.41, 5.74) is 0.704. The molecule has 1 saturated heterocycles. The average Bonchev–Trinajstić information content (AvgIpc) is 2.50. The van der Waals surface area contributed by atoms with Crippen molar-refractivity contribution >= 4 is 0 Å². The molecule has 3 saturated carbocycles. The Bertz CT molecular complexity index is 370. The molecule has 4 unspecified atom stereocenters. The van der Waals surface area contributed by atoms with Crippen LogP contribution in [-0.2, 0) is 4.74 Å². The highest BCUT2D eigenvalue weighted by atomic mass is 16.5. The Morgan fingerprint density at radius 2 is 1.90 bits per heavy atom. The van der Waals surface area contributed by atoms with Gasteiger partial charge in [0.1, 0.15) is 0 Å². The molecule has 2 nitrogen and oxygen atoms in total. The van der Waals surface area contributed by atoms with Gasteiger partial charge in [0.25, 0.3) is 0 Å². The predicted molar refractivity (Wildman–Crippen MR) is 81.7 cm³/mol. The summed E-state index contributed by atoms with van der Waals surface area (Å²) in [5.74, 6) is 2.99. The highest BCUT2D eigenvalue weighted by Crippen LogP contribution is 2.63. The van der Waals surface area contributed by atoms with Crippen LogP contribution >= 0.6 is 0 Å². The van der Waals surface area contributed by atoms with Gasteiger partial charge < -0.3 is 9.64 Å². The molecule has 3 aliphatic carbocycles. The van der Waals surface area contributed by atoms with E-state index in [2.05, 4.69) is 11.9 Å². The van der Waals surface area contributed by atoms with E-state index in [0.29, 0.717) is 11.5 Å². The molecule has 2 heteroatoms. The van der Waals surface area contributed by atoms with Gasteiger partial charge in [0.15, 0.2) is 0 Å². The molecule has 4 aliphatic rings. The van der Waals surface area contributed by atoms with Crippen LogP contribution in [0, 0.1) is 23.2 Å². The number of hydrogen-bond donors (Lipinski definition) is 0. The van der Waals surface area contributed by atoms with Crippen molar-refractivity contribution in [3.05, 3.63) is 0 Å². The van der Waals surface area contributed by atoms with Crippen molar-refractivity contribution in [1.29, 1.82) is 0 Å². The van der Waals surface area contributed by atoms with Crippen molar-refractivity contribution in [3.63, 3.8) is 0 Å². The van der Waals surface area contributed by atoms with E-state index in [-0.39, 0.29) is 0 Å². The largest absolute Gasteiger partial charge is 0.381 e. The van der Waals surface area contributed by atoms with Crippen LogP contribution in [0.2, 0.25) is 0 Å². The van der Waals surface area contributed by atoms with Crippen molar-refractivity contribution < 1.29 is 4.74 Å². The standard InChI is InChI=1S/C18H31NO/c1-19-10-9-18-8-4-3-5-15(18)17(19)11-13-6-7-14(20-2)12-16(13)18/h13-17H,3-12H2,1-2H3/t13?,14?,15?,16?,17-,18-/m1/s1/i2+1. The molecule has 1 heterocycles. The van der Waals surface area contributed by atoms with Crippen LogP contribution in [0.5, 0.6) is 0 Å². The molecule has 4 fully saturated rings. The molecule has 0 N–H and O–H groups in total. The normalized spacial score (nSPS) is 52.2. The van der Waals surface area contributed by atoms with Gasteiger partial charge in [0.2, 0.25) is 0 Å². The van der Waals surface area contributed by atoms with Crippen LogP contribution in [0.3, 0.4) is 0 Å². The van der Waals surface area contributed by atoms with Gasteiger partial charge in [-0.1, -0.05) is 12.8 Å². The summed E-state index contributed by atoms with van der Waals surface area (Å²) in [6.07, 6.45) is 13.7. The SMILES string of the molecule is CN1CC[C@]23CCCCC2[C@H]1CC1CCC(O[13CH3])CC13. The Morgan fingerprint density at radius 3 is 2.75 bits per heavy atom. The van der Waals surface area contributed by atoms with Gasteiger partial charge in [-0.3, -0.25) is 0 Å². The summed E-state index contributed by atoms with van der Waals surface area (Å²) in [6, 6.07) is 0.907. The molecule has 0 spiro atoms. The molecule has 20 heavy (non-hydrogen) atoms. The second-order valence-electron chi connectivity index (χ2n) is 8.16. The zero-order valence-corrected chi connectivity index (χ0v) is 13.3. The summed E-state index contributed by atoms with van der Waals surface area (Å²) in [6.45, 7) is 1.35. The monoisotopic (exact) mass is 278 g/mol. The van der Waals surface area contributed by atoms with Gasteiger partial charge in [-0.2, -0.15) is 0 Å². The summed E-state index contributed by atoms with van der Waals surface area (Å²) >= 11 is 0. The number of nitrogens with zero attached hydrogens (tertiary/aromatic N) is 1. The zero-order valence-electron chi connectivity index (χ0n) is 13.3. The summed E-state index contributed by atoms with van der Waals surface area (Å²) < 4.78 is 5.76. The fourth-order valence-electron chi connectivity index (χ4n) is 6.73. The van der Waals surface area contributed by atoms with E-state index in [1.54, 1.807) is 0 Å². The molecule has 4 rings (SSSR count). The molecular formula is C18H31NO. The van der Waals surface area contributed by atoms with Crippen LogP contribution < -0.4 is 0 Å². The van der Waals surface area contributed by atoms with Gasteiger partial charge >= 0.3 is 0 Å². The minimum atomic E-state index is 0.560. The first-order valence-electron chi connectivity index (χ1n) is 8.97. The predicted octanol–water partition coefficient (Wildman–Crippen LogP) is 3.70. The Balaban J connectivity index is 1.68. The fourth-order valence-corrected chi connectivity index (χ4v) is 6.73. The van der Waals surface area contributed by atoms with E-state index in [9.17, 15) is 0 Å². The average molecular weight is 278 g/mol. The molecular weight excluding hydrogens is 247 g/mol. The first kappa shape index (κ1) is 13.6. The number of likely N-dealkylation sites (tertiary alicyclic amines) is 1. The molecule has 0 aromatic carbocycles. The highest BCUT2D eigenvalue weighted by molar-refractivity contribution is 5.10. The number of ether oxygens (including phenoxy) is 1. The lowest BCUT2D eigenvalue weighted by molar-refractivity contribution is -0.161. The van der Waals surface area contributed by atoms with E-state index < -0.39 is 0 Å². The van der Waals surface area contributed by atoms with Crippen molar-refractivity contribution in [2.24, 2.45) is 23.2 Å². The molecule has 1 aliphatic heterocycles. The minimum absolute atomic E-state index is 0.560. The molecule has 0 aromatic heterocycles. The quantitative estimate of drug-likeness (QED) is 0.678. The van der Waals surface area contributed by atoms with Crippen LogP contribution in [0.1, 0.15) is 57.8 Å². The first-order valence-corrected chi connectivity index (χ1v) is 8.97. The van der Waals surface area contributed by atoms with Crippen LogP contribution in [0.4, 0.5) is 0 Å². The van der Waals surface area contributed by atoms with Crippen molar-refractivity contribution in [1.82, 2.24) is 4.90 Å². The fraction of sp³-hybridized carbons (Fsp3) is 1.00. The molecule has 6 atom stereocenters. The van der Waals surface area contributed by atoms with Gasteiger partial charge in [-0.25, -0.2) is 0 Å². The molecule has 0 aromatic rings. The number of rotatable bonds is 1. The second kappa shape index (κ2) is 4.98. The maximum Gasteiger partial charge on any atom is 0.0574 e. The van der Waals surface area contributed by atoms with Gasteiger partial charge in [0, 0.05) is 13.2 Å². The maximum absolute atomic E-state index is 5.76. The Kier molecular flexibility index (Phi) is 3.38. The third kappa shape index (κ3) is 1.83. The lowest BCUT2D eigenvalue weighted by Gasteiger charge is -2.65. The van der Waals surface area contributed by atoms with E-state index in [0.717, 1.165) is 23.8 Å². The Labute approximate surface area is 124 Å². The van der Waals surface area contributed by atoms with Crippen molar-refractivity contribution in [2.75, 3.05) is 20.7 Å². The van der Waals surface area contributed by atoms with Gasteiger partial charge in [-0.15, -0.1) is 0 Å². The van der Waals surface area contributed by atoms with E-state index in [1.807, 2.05) is 7.11 Å². The number of fused-ring (bicyclic) bond motifs is 1. The third-order valence-electron chi connectivity index (χ3n) is 7.67. The van der Waals surface area contributed by atoms with E-state index in [1.165, 1.54) is 64.3 Å². The Morgan fingerprint density at radius 1 is 1.00 bits per heavy atom. The van der Waals surface area contributed by atoms with E-state index >= 15 is 0 Å². The second-order valence-corrected chi connectivity index (χ2v) is 8.16. The lowest BCUT2D eigenvalue weighted by Crippen LogP contribution is -2.63. The smallest absolute Gasteiger partial charge is 0.0574 e. The van der Waals surface area contributed by atoms with Gasteiger partial charge in [0.05, 0.1) is 6.10 Å². The zero-order chi connectivity index (χ0) is 13.7. The van der Waals surface area contributed by atoms with Crippen molar-refractivity contribution in [2.45, 2.75) is 69.9 Å². The minimum Gasteiger partial charge on any atom is -0.381 e. The van der Waals surface area contributed by atoms with E-state index in [4.69, 9.17) is 4.74 Å². The first-order chi connectivity index (χ1) is 9.74. The molecule has 0 radical (unpaired) electrons. The molecule has 114 valence electrons. The van der Waals surface area contributed by atoms with Gasteiger partial charge in [-0.05, 0) is 81.7 Å². The molecule has 0 amide bonds. The maximum atomic E-state index is 5.76.